The van der Waals surface area contributed by atoms with E-state index < -0.39 is 6.36 Å². The van der Waals surface area contributed by atoms with Gasteiger partial charge in [0.1, 0.15) is 3.70 Å². The largest absolute Gasteiger partial charge is 0.573 e. The summed E-state index contributed by atoms with van der Waals surface area (Å²) in [5.41, 5.74) is 6.23. The van der Waals surface area contributed by atoms with Crippen molar-refractivity contribution in [3.8, 4) is 5.75 Å². The van der Waals surface area contributed by atoms with Crippen molar-refractivity contribution in [2.75, 3.05) is 0 Å². The number of hydrogen-bond acceptors (Lipinski definition) is 3. The maximum Gasteiger partial charge on any atom is 0.573 e. The molecule has 0 saturated carbocycles. The van der Waals surface area contributed by atoms with Crippen molar-refractivity contribution in [2.24, 2.45) is 5.73 Å². The predicted molar refractivity (Wildman–Crippen MR) is 56.3 cm³/mol. The molecule has 0 bridgehead atoms. The van der Waals surface area contributed by atoms with Crippen LogP contribution in [0.4, 0.5) is 13.2 Å². The third-order valence-electron chi connectivity index (χ3n) is 1.57. The zero-order chi connectivity index (χ0) is 11.6. The Morgan fingerprint density at radius 1 is 1.53 bits per heavy atom. The van der Waals surface area contributed by atoms with E-state index in [-0.39, 0.29) is 16.0 Å². The van der Waals surface area contributed by atoms with Crippen molar-refractivity contribution >= 4 is 22.6 Å². The minimum Gasteiger partial charge on any atom is -0.403 e. The number of hydrogen-bond donors (Lipinski definition) is 1. The molecule has 84 valence electrons. The van der Waals surface area contributed by atoms with Gasteiger partial charge in [-0.3, -0.25) is 0 Å². The maximum absolute atomic E-state index is 12.0. The lowest BCUT2D eigenvalue weighted by molar-refractivity contribution is -0.275. The van der Waals surface area contributed by atoms with Gasteiger partial charge in [-0.1, -0.05) is 0 Å². The van der Waals surface area contributed by atoms with Crippen molar-refractivity contribution in [3.63, 3.8) is 0 Å². The van der Waals surface area contributed by atoms with Gasteiger partial charge in [0, 0.05) is 17.8 Å². The van der Waals surface area contributed by atoms with Gasteiger partial charge >= 0.3 is 6.36 Å². The average Bonchev–Trinajstić information content (AvgIpc) is 2.07. The number of pyridine rings is 1. The van der Waals surface area contributed by atoms with Crippen LogP contribution in [0.2, 0.25) is 0 Å². The summed E-state index contributed by atoms with van der Waals surface area (Å²) in [6, 6.07) is 1.48. The normalized spacial score (nSPS) is 11.6. The number of aryl methyl sites for hydroxylation is 1. The van der Waals surface area contributed by atoms with Crippen LogP contribution in [0.3, 0.4) is 0 Å². The van der Waals surface area contributed by atoms with Gasteiger partial charge in [-0.05, 0) is 35.6 Å². The Morgan fingerprint density at radius 2 is 2.13 bits per heavy atom. The predicted octanol–water partition coefficient (Wildman–Crippen LogP) is 2.35. The zero-order valence-corrected chi connectivity index (χ0v) is 9.89. The van der Waals surface area contributed by atoms with Gasteiger partial charge in [-0.15, -0.1) is 13.2 Å². The molecule has 1 heterocycles. The van der Waals surface area contributed by atoms with Gasteiger partial charge in [0.15, 0.2) is 5.75 Å². The van der Waals surface area contributed by atoms with Gasteiger partial charge < -0.3 is 10.5 Å². The molecule has 0 radical (unpaired) electrons. The summed E-state index contributed by atoms with van der Waals surface area (Å²) in [4.78, 5) is 3.87. The van der Waals surface area contributed by atoms with Crippen molar-refractivity contribution in [1.29, 1.82) is 0 Å². The second-order valence-electron chi connectivity index (χ2n) is 2.79. The molecule has 0 fully saturated rings. The smallest absolute Gasteiger partial charge is 0.403 e. The highest BCUT2D eigenvalue weighted by atomic mass is 127. The van der Waals surface area contributed by atoms with Crippen molar-refractivity contribution < 1.29 is 17.9 Å². The van der Waals surface area contributed by atoms with E-state index in [1.165, 1.54) is 6.07 Å². The fourth-order valence-corrected chi connectivity index (χ4v) is 1.90. The Balaban J connectivity index is 3.15. The number of nitrogens with zero attached hydrogens (tertiary/aromatic N) is 1. The standard InChI is InChI=1S/C8H8F3IN2O/c1-4-2-5(3-13)6(7(12)14-4)15-8(9,10)11/h2H,3,13H2,1H3. The summed E-state index contributed by atoms with van der Waals surface area (Å²) in [6.45, 7) is 1.66. The first-order valence-corrected chi connectivity index (χ1v) is 5.03. The molecule has 0 atom stereocenters. The quantitative estimate of drug-likeness (QED) is 0.668. The van der Waals surface area contributed by atoms with E-state index in [0.29, 0.717) is 11.3 Å². The number of rotatable bonds is 2. The highest BCUT2D eigenvalue weighted by Crippen LogP contribution is 2.30. The average molecular weight is 332 g/mol. The van der Waals surface area contributed by atoms with E-state index in [9.17, 15) is 13.2 Å². The first-order chi connectivity index (χ1) is 6.83. The molecule has 0 saturated heterocycles. The first-order valence-electron chi connectivity index (χ1n) is 3.95. The van der Waals surface area contributed by atoms with E-state index in [4.69, 9.17) is 5.73 Å². The zero-order valence-electron chi connectivity index (χ0n) is 7.73. The number of ether oxygens (including phenoxy) is 1. The summed E-state index contributed by atoms with van der Waals surface area (Å²) in [6.07, 6.45) is -4.72. The van der Waals surface area contributed by atoms with Crippen LogP contribution >= 0.6 is 22.6 Å². The van der Waals surface area contributed by atoms with Crippen LogP contribution in [-0.2, 0) is 6.54 Å². The molecule has 0 aliphatic heterocycles. The van der Waals surface area contributed by atoms with Crippen LogP contribution in [0.25, 0.3) is 0 Å². The molecule has 3 nitrogen and oxygen atoms in total. The van der Waals surface area contributed by atoms with Gasteiger partial charge in [-0.2, -0.15) is 0 Å². The molecular weight excluding hydrogens is 324 g/mol. The number of nitrogens with two attached hydrogens (primary N) is 1. The minimum absolute atomic E-state index is 0.0230. The fraction of sp³-hybridized carbons (Fsp3) is 0.375. The number of alkyl halides is 3. The van der Waals surface area contributed by atoms with Gasteiger partial charge in [-0.25, -0.2) is 4.98 Å². The SMILES string of the molecule is Cc1cc(CN)c(OC(F)(F)F)c(I)n1. The van der Waals surface area contributed by atoms with Crippen molar-refractivity contribution in [2.45, 2.75) is 19.8 Å². The Hall–Kier alpha value is -0.570. The highest BCUT2D eigenvalue weighted by molar-refractivity contribution is 14.1. The molecule has 7 heteroatoms. The molecule has 1 aromatic rings. The molecular formula is C8H8F3IN2O. The van der Waals surface area contributed by atoms with Crippen LogP contribution in [0.5, 0.6) is 5.75 Å². The Bertz CT molecular complexity index is 368. The second-order valence-corrected chi connectivity index (χ2v) is 3.82. The molecule has 1 rings (SSSR count). The Kier molecular flexibility index (Phi) is 3.77. The van der Waals surface area contributed by atoms with Crippen LogP contribution in [-0.4, -0.2) is 11.3 Å². The summed E-state index contributed by atoms with van der Waals surface area (Å²) >= 11 is 1.68. The number of halogens is 4. The van der Waals surface area contributed by atoms with Gasteiger partial charge in [0.05, 0.1) is 0 Å². The van der Waals surface area contributed by atoms with Crippen molar-refractivity contribution in [3.05, 3.63) is 21.0 Å². The molecule has 0 unspecified atom stereocenters. The molecule has 0 aromatic carbocycles. The Labute approximate surface area is 98.0 Å². The van der Waals surface area contributed by atoms with E-state index >= 15 is 0 Å². The van der Waals surface area contributed by atoms with E-state index in [1.54, 1.807) is 29.5 Å². The highest BCUT2D eigenvalue weighted by Gasteiger charge is 2.33. The van der Waals surface area contributed by atoms with E-state index in [0.717, 1.165) is 0 Å². The summed E-state index contributed by atoms with van der Waals surface area (Å²) in [7, 11) is 0. The van der Waals surface area contributed by atoms with E-state index in [2.05, 4.69) is 9.72 Å². The molecule has 2 N–H and O–H groups in total. The molecule has 0 spiro atoms. The molecule has 1 aromatic heterocycles. The van der Waals surface area contributed by atoms with E-state index in [1.807, 2.05) is 0 Å². The molecule has 0 aliphatic carbocycles. The Morgan fingerprint density at radius 3 is 2.60 bits per heavy atom. The summed E-state index contributed by atoms with van der Waals surface area (Å²) in [5, 5.41) is 0. The summed E-state index contributed by atoms with van der Waals surface area (Å²) < 4.78 is 40.1. The maximum atomic E-state index is 12.0. The van der Waals surface area contributed by atoms with Crippen LogP contribution in [0, 0.1) is 10.6 Å². The molecule has 0 aliphatic rings. The lowest BCUT2D eigenvalue weighted by Crippen LogP contribution is -2.20. The summed E-state index contributed by atoms with van der Waals surface area (Å²) in [5.74, 6) is -0.309. The third kappa shape index (κ3) is 3.49. The first kappa shape index (κ1) is 12.5. The van der Waals surface area contributed by atoms with Crippen LogP contribution in [0.15, 0.2) is 6.07 Å². The monoisotopic (exact) mass is 332 g/mol. The van der Waals surface area contributed by atoms with Gasteiger partial charge in [0.25, 0.3) is 0 Å². The topological polar surface area (TPSA) is 48.1 Å². The fourth-order valence-electron chi connectivity index (χ4n) is 1.06. The molecule has 0 amide bonds. The molecule has 15 heavy (non-hydrogen) atoms. The lowest BCUT2D eigenvalue weighted by atomic mass is 10.2. The van der Waals surface area contributed by atoms with Crippen molar-refractivity contribution in [1.82, 2.24) is 4.98 Å². The minimum atomic E-state index is -4.72. The lowest BCUT2D eigenvalue weighted by Gasteiger charge is -2.14. The van der Waals surface area contributed by atoms with Crippen LogP contribution < -0.4 is 10.5 Å². The van der Waals surface area contributed by atoms with Gasteiger partial charge in [0.2, 0.25) is 0 Å². The second kappa shape index (κ2) is 4.52. The van der Waals surface area contributed by atoms with Crippen LogP contribution in [0.1, 0.15) is 11.3 Å². The number of aromatic nitrogens is 1. The third-order valence-corrected chi connectivity index (χ3v) is 2.31.